The van der Waals surface area contributed by atoms with E-state index in [0.717, 1.165) is 28.1 Å². The van der Waals surface area contributed by atoms with E-state index < -0.39 is 24.0 Å². The number of aryl methyl sites for hydroxylation is 1. The van der Waals surface area contributed by atoms with Gasteiger partial charge in [0.15, 0.2) is 6.61 Å². The molecule has 0 aliphatic carbocycles. The van der Waals surface area contributed by atoms with Gasteiger partial charge < -0.3 is 15.3 Å². The lowest BCUT2D eigenvalue weighted by Gasteiger charge is -2.11. The summed E-state index contributed by atoms with van der Waals surface area (Å²) in [6.45, 7) is 3.39. The Morgan fingerprint density at radius 2 is 1.96 bits per heavy atom. The summed E-state index contributed by atoms with van der Waals surface area (Å²) in [5.74, 6) is -1.64. The van der Waals surface area contributed by atoms with Crippen LogP contribution in [0.1, 0.15) is 21.5 Å². The van der Waals surface area contributed by atoms with Crippen molar-refractivity contribution in [2.24, 2.45) is 0 Å². The Kier molecular flexibility index (Phi) is 4.80. The Labute approximate surface area is 132 Å². The van der Waals surface area contributed by atoms with Gasteiger partial charge >= 0.3 is 5.97 Å². The number of carbonyl (C=O) groups is 2. The van der Waals surface area contributed by atoms with Gasteiger partial charge in [0.05, 0.1) is 11.8 Å². The van der Waals surface area contributed by atoms with E-state index in [9.17, 15) is 14.4 Å². The number of amides is 1. The molecule has 0 unspecified atom stereocenters. The molecule has 1 amide bonds. The minimum atomic E-state index is -1.19. The number of anilines is 1. The molecule has 0 bridgehead atoms. The fourth-order valence-electron chi connectivity index (χ4n) is 1.90. The van der Waals surface area contributed by atoms with E-state index in [4.69, 9.17) is 9.94 Å². The molecular weight excluding hydrogens is 300 g/mol. The van der Waals surface area contributed by atoms with Crippen LogP contribution in [0.25, 0.3) is 0 Å². The van der Waals surface area contributed by atoms with E-state index in [1.165, 1.54) is 6.07 Å². The van der Waals surface area contributed by atoms with Gasteiger partial charge in [0.2, 0.25) is 0 Å². The maximum Gasteiger partial charge on any atom is 0.337 e. The summed E-state index contributed by atoms with van der Waals surface area (Å²) in [5, 5.41) is 11.6. The normalized spacial score (nSPS) is 10.2. The molecule has 120 valence electrons. The number of carboxylic acids is 1. The number of carboxylic acid groups (broad SMARTS) is 1. The first kappa shape index (κ1) is 16.3. The zero-order chi connectivity index (χ0) is 17.0. The molecule has 7 heteroatoms. The lowest BCUT2D eigenvalue weighted by atomic mass is 10.1. The second-order valence-corrected chi connectivity index (χ2v) is 4.96. The van der Waals surface area contributed by atoms with Crippen molar-refractivity contribution in [1.29, 1.82) is 0 Å². The largest absolute Gasteiger partial charge is 0.478 e. The number of carbonyl (C=O) groups excluding carboxylic acids is 1. The van der Waals surface area contributed by atoms with Crippen LogP contribution in [0, 0.1) is 13.8 Å². The zero-order valence-electron chi connectivity index (χ0n) is 12.7. The molecule has 23 heavy (non-hydrogen) atoms. The molecular formula is C16H16N2O5. The van der Waals surface area contributed by atoms with Gasteiger partial charge in [-0.25, -0.2) is 4.79 Å². The van der Waals surface area contributed by atoms with Crippen molar-refractivity contribution in [3.05, 3.63) is 63.6 Å². The second-order valence-electron chi connectivity index (χ2n) is 4.96. The first-order valence-electron chi connectivity index (χ1n) is 6.84. The molecule has 1 aromatic carbocycles. The molecule has 1 heterocycles. The zero-order valence-corrected chi connectivity index (χ0v) is 12.7. The van der Waals surface area contributed by atoms with Crippen LogP contribution < -0.4 is 15.7 Å². The monoisotopic (exact) mass is 316 g/mol. The Hall–Kier alpha value is -3.09. The number of rotatable bonds is 5. The molecule has 0 atom stereocenters. The van der Waals surface area contributed by atoms with Crippen molar-refractivity contribution in [3.63, 3.8) is 0 Å². The number of aromatic nitrogens is 1. The summed E-state index contributed by atoms with van der Waals surface area (Å²) in [7, 11) is 0. The van der Waals surface area contributed by atoms with Gasteiger partial charge in [0.25, 0.3) is 11.5 Å². The standard InChI is InChI=1S/C16H16N2O5/c1-10-4-3-5-13(11(10)2)17-14(19)9-23-18-8-12(16(21)22)6-7-15(18)20/h3-8H,9H2,1-2H3,(H,17,19)(H,21,22). The number of hydrogen-bond donors (Lipinski definition) is 2. The number of aromatic carboxylic acids is 1. The summed E-state index contributed by atoms with van der Waals surface area (Å²) in [6, 6.07) is 7.74. The van der Waals surface area contributed by atoms with Gasteiger partial charge in [-0.15, -0.1) is 0 Å². The number of nitrogens with one attached hydrogen (secondary N) is 1. The van der Waals surface area contributed by atoms with Gasteiger partial charge in [-0.1, -0.05) is 12.1 Å². The average molecular weight is 316 g/mol. The van der Waals surface area contributed by atoms with Crippen molar-refractivity contribution in [2.75, 3.05) is 11.9 Å². The SMILES string of the molecule is Cc1cccc(NC(=O)COn2cc(C(=O)O)ccc2=O)c1C. The summed E-state index contributed by atoms with van der Waals surface area (Å²) in [5.41, 5.74) is 1.96. The molecule has 0 saturated carbocycles. The quantitative estimate of drug-likeness (QED) is 0.864. The summed E-state index contributed by atoms with van der Waals surface area (Å²) >= 11 is 0. The topological polar surface area (TPSA) is 97.6 Å². The van der Waals surface area contributed by atoms with Crippen LogP contribution in [0.4, 0.5) is 5.69 Å². The lowest BCUT2D eigenvalue weighted by molar-refractivity contribution is -0.120. The van der Waals surface area contributed by atoms with E-state index in [0.29, 0.717) is 5.69 Å². The van der Waals surface area contributed by atoms with Gasteiger partial charge in [0.1, 0.15) is 0 Å². The molecule has 0 spiro atoms. The van der Waals surface area contributed by atoms with E-state index in [-0.39, 0.29) is 5.56 Å². The van der Waals surface area contributed by atoms with Gasteiger partial charge in [0, 0.05) is 11.8 Å². The van der Waals surface area contributed by atoms with Crippen molar-refractivity contribution in [1.82, 2.24) is 4.73 Å². The lowest BCUT2D eigenvalue weighted by Crippen LogP contribution is -2.32. The van der Waals surface area contributed by atoms with E-state index in [2.05, 4.69) is 5.32 Å². The fraction of sp³-hybridized carbons (Fsp3) is 0.188. The molecule has 7 nitrogen and oxygen atoms in total. The molecule has 0 fully saturated rings. The number of nitrogens with zero attached hydrogens (tertiary/aromatic N) is 1. The van der Waals surface area contributed by atoms with Crippen LogP contribution in [-0.4, -0.2) is 28.3 Å². The molecule has 0 saturated heterocycles. The molecule has 0 radical (unpaired) electrons. The van der Waals surface area contributed by atoms with Crippen LogP contribution in [0.5, 0.6) is 0 Å². The molecule has 2 aromatic rings. The summed E-state index contributed by atoms with van der Waals surface area (Å²) < 4.78 is 0.728. The smallest absolute Gasteiger partial charge is 0.337 e. The molecule has 0 aliphatic heterocycles. The Morgan fingerprint density at radius 1 is 1.22 bits per heavy atom. The van der Waals surface area contributed by atoms with Gasteiger partial charge in [-0.3, -0.25) is 9.59 Å². The van der Waals surface area contributed by atoms with Crippen molar-refractivity contribution >= 4 is 17.6 Å². The third-order valence-corrected chi connectivity index (χ3v) is 3.34. The Balaban J connectivity index is 2.05. The Bertz CT molecular complexity index is 810. The number of benzene rings is 1. The molecule has 2 N–H and O–H groups in total. The highest BCUT2D eigenvalue weighted by Crippen LogP contribution is 2.17. The minimum Gasteiger partial charge on any atom is -0.478 e. The van der Waals surface area contributed by atoms with Crippen LogP contribution in [-0.2, 0) is 4.79 Å². The Morgan fingerprint density at radius 3 is 2.65 bits per heavy atom. The maximum absolute atomic E-state index is 11.9. The van der Waals surface area contributed by atoms with Gasteiger partial charge in [-0.2, -0.15) is 4.73 Å². The maximum atomic E-state index is 11.9. The van der Waals surface area contributed by atoms with Crippen molar-refractivity contribution in [3.8, 4) is 0 Å². The third kappa shape index (κ3) is 3.97. The first-order valence-corrected chi connectivity index (χ1v) is 6.84. The van der Waals surface area contributed by atoms with E-state index in [1.54, 1.807) is 6.07 Å². The second kappa shape index (κ2) is 6.78. The highest BCUT2D eigenvalue weighted by Gasteiger charge is 2.09. The van der Waals surface area contributed by atoms with Crippen LogP contribution in [0.3, 0.4) is 0 Å². The molecule has 1 aromatic heterocycles. The predicted octanol–water partition coefficient (Wildman–Crippen LogP) is 1.23. The first-order chi connectivity index (χ1) is 10.9. The third-order valence-electron chi connectivity index (χ3n) is 3.34. The average Bonchev–Trinajstić information content (AvgIpc) is 2.51. The summed E-state index contributed by atoms with van der Waals surface area (Å²) in [6.07, 6.45) is 1.02. The van der Waals surface area contributed by atoms with Gasteiger partial charge in [-0.05, 0) is 37.1 Å². The van der Waals surface area contributed by atoms with Crippen LogP contribution >= 0.6 is 0 Å². The highest BCUT2D eigenvalue weighted by atomic mass is 16.7. The van der Waals surface area contributed by atoms with Crippen LogP contribution in [0.15, 0.2) is 41.3 Å². The van der Waals surface area contributed by atoms with E-state index >= 15 is 0 Å². The predicted molar refractivity (Wildman–Crippen MR) is 83.7 cm³/mol. The number of pyridine rings is 1. The van der Waals surface area contributed by atoms with Crippen LogP contribution in [0.2, 0.25) is 0 Å². The molecule has 2 rings (SSSR count). The van der Waals surface area contributed by atoms with E-state index in [1.807, 2.05) is 26.0 Å². The fourth-order valence-corrected chi connectivity index (χ4v) is 1.90. The summed E-state index contributed by atoms with van der Waals surface area (Å²) in [4.78, 5) is 39.4. The highest BCUT2D eigenvalue weighted by molar-refractivity contribution is 5.92. The van der Waals surface area contributed by atoms with Crippen molar-refractivity contribution < 1.29 is 19.5 Å². The molecule has 0 aliphatic rings. The van der Waals surface area contributed by atoms with Crippen molar-refractivity contribution in [2.45, 2.75) is 13.8 Å². The minimum absolute atomic E-state index is 0.112. The number of hydrogen-bond acceptors (Lipinski definition) is 4.